The second-order valence-electron chi connectivity index (χ2n) is 5.81. The van der Waals surface area contributed by atoms with Gasteiger partial charge in [0.05, 0.1) is 0 Å². The molecule has 0 radical (unpaired) electrons. The van der Waals surface area contributed by atoms with Gasteiger partial charge in [0.25, 0.3) is 0 Å². The third-order valence-electron chi connectivity index (χ3n) is 4.04. The minimum Gasteiger partial charge on any atom is -0.454 e. The fourth-order valence-electron chi connectivity index (χ4n) is 2.54. The van der Waals surface area contributed by atoms with Gasteiger partial charge in [0.2, 0.25) is 12.7 Å². The van der Waals surface area contributed by atoms with E-state index in [1.54, 1.807) is 24.1 Å². The summed E-state index contributed by atoms with van der Waals surface area (Å²) in [6, 6.07) is 14.0. The number of likely N-dealkylation sites (N-methyl/N-ethyl adjacent to an activating group) is 1. The molecule has 3 rings (SSSR count). The van der Waals surface area contributed by atoms with E-state index < -0.39 is 0 Å². The molecule has 124 valence electrons. The van der Waals surface area contributed by atoms with Crippen LogP contribution in [0.2, 0.25) is 0 Å². The average molecular weight is 323 g/mol. The summed E-state index contributed by atoms with van der Waals surface area (Å²) in [5, 5.41) is 0. The van der Waals surface area contributed by atoms with Crippen LogP contribution in [0.4, 0.5) is 0 Å². The van der Waals surface area contributed by atoms with Crippen LogP contribution in [0.1, 0.15) is 23.6 Å². The number of fused-ring (bicyclic) bond motifs is 1. The summed E-state index contributed by atoms with van der Waals surface area (Å²) >= 11 is 0. The van der Waals surface area contributed by atoms with Gasteiger partial charge in [-0.1, -0.05) is 37.3 Å². The maximum Gasteiger partial charge on any atom is 0.246 e. The lowest BCUT2D eigenvalue weighted by atomic mass is 10.1. The molecule has 24 heavy (non-hydrogen) atoms. The van der Waals surface area contributed by atoms with Crippen LogP contribution in [0.3, 0.4) is 0 Å². The Labute approximate surface area is 142 Å². The van der Waals surface area contributed by atoms with Crippen LogP contribution in [0, 0.1) is 0 Å². The van der Waals surface area contributed by atoms with Crippen molar-refractivity contribution in [1.82, 2.24) is 4.90 Å². The average Bonchev–Trinajstić information content (AvgIpc) is 3.08. The van der Waals surface area contributed by atoms with Crippen LogP contribution >= 0.6 is 0 Å². The quantitative estimate of drug-likeness (QED) is 0.789. The topological polar surface area (TPSA) is 38.8 Å². The van der Waals surface area contributed by atoms with Gasteiger partial charge in [-0.2, -0.15) is 0 Å². The van der Waals surface area contributed by atoms with Crippen molar-refractivity contribution in [1.29, 1.82) is 0 Å². The van der Waals surface area contributed by atoms with E-state index in [4.69, 9.17) is 9.47 Å². The fraction of sp³-hybridized carbons (Fsp3) is 0.250. The molecule has 1 amide bonds. The highest BCUT2D eigenvalue weighted by atomic mass is 16.7. The first-order valence-electron chi connectivity index (χ1n) is 8.06. The molecule has 2 aromatic carbocycles. The Kier molecular flexibility index (Phi) is 4.85. The van der Waals surface area contributed by atoms with Gasteiger partial charge in [-0.3, -0.25) is 4.79 Å². The molecular formula is C20H21NO3. The Bertz CT molecular complexity index is 750. The van der Waals surface area contributed by atoms with Crippen LogP contribution in [0.15, 0.2) is 48.5 Å². The Morgan fingerprint density at radius 2 is 1.79 bits per heavy atom. The van der Waals surface area contributed by atoms with Crippen molar-refractivity contribution in [3.63, 3.8) is 0 Å². The Morgan fingerprint density at radius 1 is 1.08 bits per heavy atom. The van der Waals surface area contributed by atoms with Gasteiger partial charge in [0.15, 0.2) is 11.5 Å². The Morgan fingerprint density at radius 3 is 2.54 bits per heavy atom. The molecule has 2 aromatic rings. The van der Waals surface area contributed by atoms with Gasteiger partial charge < -0.3 is 14.4 Å². The zero-order valence-electron chi connectivity index (χ0n) is 14.0. The SMILES string of the molecule is CCc1ccc(CN(C)C(=O)/C=C/c2ccc3c(c2)OCO3)cc1. The third-order valence-corrected chi connectivity index (χ3v) is 4.04. The van der Waals surface area contributed by atoms with Crippen LogP contribution in [0.5, 0.6) is 11.5 Å². The van der Waals surface area contributed by atoms with Crippen molar-refractivity contribution >= 4 is 12.0 Å². The number of aryl methyl sites for hydroxylation is 1. The molecule has 0 saturated carbocycles. The van der Waals surface area contributed by atoms with Gasteiger partial charge in [-0.15, -0.1) is 0 Å². The maximum atomic E-state index is 12.3. The van der Waals surface area contributed by atoms with Crippen LogP contribution in [-0.4, -0.2) is 24.6 Å². The molecule has 0 unspecified atom stereocenters. The number of nitrogens with zero attached hydrogens (tertiary/aromatic N) is 1. The lowest BCUT2D eigenvalue weighted by Crippen LogP contribution is -2.24. The largest absolute Gasteiger partial charge is 0.454 e. The highest BCUT2D eigenvalue weighted by Crippen LogP contribution is 2.32. The molecule has 0 spiro atoms. The van der Waals surface area contributed by atoms with Crippen molar-refractivity contribution in [2.75, 3.05) is 13.8 Å². The zero-order valence-corrected chi connectivity index (χ0v) is 14.0. The number of carbonyl (C=O) groups excluding carboxylic acids is 1. The van der Waals surface area contributed by atoms with E-state index in [1.807, 2.05) is 18.2 Å². The summed E-state index contributed by atoms with van der Waals surface area (Å²) in [5.74, 6) is 1.42. The molecule has 0 aromatic heterocycles. The monoisotopic (exact) mass is 323 g/mol. The molecule has 0 fully saturated rings. The molecule has 1 aliphatic heterocycles. The van der Waals surface area contributed by atoms with Crippen LogP contribution in [-0.2, 0) is 17.8 Å². The normalized spacial score (nSPS) is 12.6. The number of carbonyl (C=O) groups is 1. The van der Waals surface area contributed by atoms with Gasteiger partial charge in [-0.05, 0) is 41.3 Å². The Balaban J connectivity index is 1.60. The smallest absolute Gasteiger partial charge is 0.246 e. The predicted octanol–water partition coefficient (Wildman–Crippen LogP) is 3.65. The predicted molar refractivity (Wildman–Crippen MR) is 93.9 cm³/mol. The third kappa shape index (κ3) is 3.77. The summed E-state index contributed by atoms with van der Waals surface area (Å²) in [6.45, 7) is 2.97. The fourth-order valence-corrected chi connectivity index (χ4v) is 2.54. The lowest BCUT2D eigenvalue weighted by Gasteiger charge is -2.15. The molecule has 4 nitrogen and oxygen atoms in total. The molecule has 0 aliphatic carbocycles. The summed E-state index contributed by atoms with van der Waals surface area (Å²) in [6.07, 6.45) is 4.40. The van der Waals surface area contributed by atoms with E-state index in [2.05, 4.69) is 31.2 Å². The molecular weight excluding hydrogens is 302 g/mol. The van der Waals surface area contributed by atoms with Gasteiger partial charge >= 0.3 is 0 Å². The summed E-state index contributed by atoms with van der Waals surface area (Å²) in [4.78, 5) is 14.0. The maximum absolute atomic E-state index is 12.3. The number of hydrogen-bond donors (Lipinski definition) is 0. The van der Waals surface area contributed by atoms with Crippen molar-refractivity contribution in [3.8, 4) is 11.5 Å². The minimum atomic E-state index is -0.0350. The number of benzene rings is 2. The van der Waals surface area contributed by atoms with E-state index in [9.17, 15) is 4.79 Å². The molecule has 1 heterocycles. The van der Waals surface area contributed by atoms with E-state index in [1.165, 1.54) is 5.56 Å². The number of amides is 1. The van der Waals surface area contributed by atoms with Crippen molar-refractivity contribution in [2.24, 2.45) is 0 Å². The molecule has 0 bridgehead atoms. The molecule has 0 atom stereocenters. The summed E-state index contributed by atoms with van der Waals surface area (Å²) in [7, 11) is 1.81. The first-order chi connectivity index (χ1) is 11.7. The Hall–Kier alpha value is -2.75. The van der Waals surface area contributed by atoms with Gasteiger partial charge in [0.1, 0.15) is 0 Å². The first-order valence-corrected chi connectivity index (χ1v) is 8.06. The summed E-state index contributed by atoms with van der Waals surface area (Å²) in [5.41, 5.74) is 3.34. The number of ether oxygens (including phenoxy) is 2. The molecule has 1 aliphatic rings. The van der Waals surface area contributed by atoms with E-state index in [0.29, 0.717) is 12.3 Å². The van der Waals surface area contributed by atoms with E-state index in [-0.39, 0.29) is 12.7 Å². The van der Waals surface area contributed by atoms with Gasteiger partial charge in [-0.25, -0.2) is 0 Å². The second kappa shape index (κ2) is 7.21. The highest BCUT2D eigenvalue weighted by Gasteiger charge is 2.12. The first kappa shape index (κ1) is 16.1. The number of rotatable bonds is 5. The highest BCUT2D eigenvalue weighted by molar-refractivity contribution is 5.91. The zero-order chi connectivity index (χ0) is 16.9. The van der Waals surface area contributed by atoms with Crippen molar-refractivity contribution in [2.45, 2.75) is 19.9 Å². The van der Waals surface area contributed by atoms with E-state index in [0.717, 1.165) is 23.3 Å². The van der Waals surface area contributed by atoms with Crippen LogP contribution < -0.4 is 9.47 Å². The minimum absolute atomic E-state index is 0.0350. The standard InChI is InChI=1S/C20H21NO3/c1-3-15-4-6-17(7-5-15)13-21(2)20(22)11-9-16-8-10-18-19(12-16)24-14-23-18/h4-12H,3,13-14H2,1-2H3/b11-9+. The van der Waals surface area contributed by atoms with Crippen LogP contribution in [0.25, 0.3) is 6.08 Å². The molecule has 0 N–H and O–H groups in total. The summed E-state index contributed by atoms with van der Waals surface area (Å²) < 4.78 is 10.6. The lowest BCUT2D eigenvalue weighted by molar-refractivity contribution is -0.125. The second-order valence-corrected chi connectivity index (χ2v) is 5.81. The molecule has 4 heteroatoms. The molecule has 0 saturated heterocycles. The van der Waals surface area contributed by atoms with Crippen molar-refractivity contribution in [3.05, 3.63) is 65.2 Å². The number of hydrogen-bond acceptors (Lipinski definition) is 3. The van der Waals surface area contributed by atoms with E-state index >= 15 is 0 Å². The van der Waals surface area contributed by atoms with Gasteiger partial charge in [0, 0.05) is 19.7 Å². The van der Waals surface area contributed by atoms with Crippen molar-refractivity contribution < 1.29 is 14.3 Å².